The summed E-state index contributed by atoms with van der Waals surface area (Å²) in [5.41, 5.74) is 0.904. The quantitative estimate of drug-likeness (QED) is 0.723. The molecule has 1 saturated heterocycles. The Hall–Kier alpha value is -2.34. The highest BCUT2D eigenvalue weighted by Crippen LogP contribution is 2.12. The van der Waals surface area contributed by atoms with Crippen molar-refractivity contribution in [3.05, 3.63) is 47.9 Å². The average molecular weight is 343 g/mol. The number of amides is 1. The summed E-state index contributed by atoms with van der Waals surface area (Å²) >= 11 is 0. The second kappa shape index (κ2) is 8.67. The van der Waals surface area contributed by atoms with E-state index in [4.69, 9.17) is 9.26 Å². The third kappa shape index (κ3) is 5.32. The van der Waals surface area contributed by atoms with E-state index in [9.17, 15) is 4.79 Å². The van der Waals surface area contributed by atoms with Crippen LogP contribution in [0.25, 0.3) is 0 Å². The van der Waals surface area contributed by atoms with Crippen LogP contribution in [0.5, 0.6) is 5.75 Å². The predicted molar refractivity (Wildman–Crippen MR) is 94.3 cm³/mol. The van der Waals surface area contributed by atoms with E-state index in [1.807, 2.05) is 48.2 Å². The Bertz CT molecular complexity index is 664. The summed E-state index contributed by atoms with van der Waals surface area (Å²) in [6.07, 6.45) is 1.28. The van der Waals surface area contributed by atoms with Crippen LogP contribution in [0.1, 0.15) is 24.3 Å². The van der Waals surface area contributed by atoms with E-state index in [2.05, 4.69) is 10.1 Å². The molecule has 134 valence electrons. The smallest absolute Gasteiger partial charge is 0.222 e. The number of ether oxygens (including phenoxy) is 1. The van der Waals surface area contributed by atoms with Crippen LogP contribution in [0.4, 0.5) is 0 Å². The molecule has 1 aromatic heterocycles. The lowest BCUT2D eigenvalue weighted by Crippen LogP contribution is -2.48. The molecular formula is C19H25N3O3. The Morgan fingerprint density at radius 3 is 2.64 bits per heavy atom. The molecule has 0 radical (unpaired) electrons. The summed E-state index contributed by atoms with van der Waals surface area (Å²) in [6.45, 7) is 6.52. The number of hydrogen-bond donors (Lipinski definition) is 0. The Balaban J connectivity index is 1.32. The molecule has 0 unspecified atom stereocenters. The average Bonchev–Trinajstić information content (AvgIpc) is 3.05. The molecule has 6 heteroatoms. The van der Waals surface area contributed by atoms with Gasteiger partial charge in [-0.25, -0.2) is 0 Å². The number of rotatable bonds is 7. The van der Waals surface area contributed by atoms with Crippen molar-refractivity contribution in [1.82, 2.24) is 15.0 Å². The van der Waals surface area contributed by atoms with Crippen molar-refractivity contribution in [1.29, 1.82) is 0 Å². The lowest BCUT2D eigenvalue weighted by atomic mass is 10.2. The van der Waals surface area contributed by atoms with Crippen LogP contribution >= 0.6 is 0 Å². The summed E-state index contributed by atoms with van der Waals surface area (Å²) in [7, 11) is 0. The van der Waals surface area contributed by atoms with Gasteiger partial charge in [0, 0.05) is 38.7 Å². The van der Waals surface area contributed by atoms with Gasteiger partial charge >= 0.3 is 0 Å². The van der Waals surface area contributed by atoms with Gasteiger partial charge in [-0.15, -0.1) is 0 Å². The molecule has 25 heavy (non-hydrogen) atoms. The highest BCUT2D eigenvalue weighted by atomic mass is 16.5. The van der Waals surface area contributed by atoms with Gasteiger partial charge in [0.2, 0.25) is 5.91 Å². The van der Waals surface area contributed by atoms with Gasteiger partial charge in [0.1, 0.15) is 5.75 Å². The van der Waals surface area contributed by atoms with Gasteiger partial charge in [0.15, 0.2) is 5.76 Å². The van der Waals surface area contributed by atoms with E-state index in [1.165, 1.54) is 0 Å². The van der Waals surface area contributed by atoms with Gasteiger partial charge in [0.05, 0.1) is 18.8 Å². The molecule has 6 nitrogen and oxygen atoms in total. The fraction of sp³-hybridized carbons (Fsp3) is 0.474. The molecule has 1 aliphatic heterocycles. The third-order valence-electron chi connectivity index (χ3n) is 4.33. The van der Waals surface area contributed by atoms with E-state index >= 15 is 0 Å². The van der Waals surface area contributed by atoms with Crippen LogP contribution in [0.2, 0.25) is 0 Å². The monoisotopic (exact) mass is 343 g/mol. The molecule has 1 fully saturated rings. The zero-order valence-corrected chi connectivity index (χ0v) is 14.7. The number of carbonyl (C=O) groups is 1. The van der Waals surface area contributed by atoms with Gasteiger partial charge < -0.3 is 14.2 Å². The molecule has 0 aliphatic carbocycles. The molecule has 0 saturated carbocycles. The first-order valence-electron chi connectivity index (χ1n) is 8.81. The number of nitrogens with zero attached hydrogens (tertiary/aromatic N) is 3. The Labute approximate surface area is 148 Å². The largest absolute Gasteiger partial charge is 0.494 e. The number of aryl methyl sites for hydroxylation is 1. The van der Waals surface area contributed by atoms with Crippen LogP contribution in [0, 0.1) is 6.92 Å². The summed E-state index contributed by atoms with van der Waals surface area (Å²) in [6, 6.07) is 11.7. The van der Waals surface area contributed by atoms with Crippen molar-refractivity contribution in [3.63, 3.8) is 0 Å². The van der Waals surface area contributed by atoms with Crippen LogP contribution < -0.4 is 4.74 Å². The normalized spacial score (nSPS) is 15.3. The van der Waals surface area contributed by atoms with E-state index in [1.54, 1.807) is 0 Å². The van der Waals surface area contributed by atoms with Crippen molar-refractivity contribution in [2.45, 2.75) is 26.3 Å². The fourth-order valence-corrected chi connectivity index (χ4v) is 2.95. The van der Waals surface area contributed by atoms with Gasteiger partial charge in [-0.3, -0.25) is 9.69 Å². The minimum atomic E-state index is 0.215. The third-order valence-corrected chi connectivity index (χ3v) is 4.33. The van der Waals surface area contributed by atoms with Crippen molar-refractivity contribution in [2.24, 2.45) is 0 Å². The van der Waals surface area contributed by atoms with Crippen LogP contribution in [-0.4, -0.2) is 53.6 Å². The SMILES string of the molecule is Cc1cc(CN2CCN(C(=O)CCCOc3ccccc3)CC2)on1. The summed E-state index contributed by atoms with van der Waals surface area (Å²) in [5, 5.41) is 3.91. The number of benzene rings is 1. The molecule has 0 bridgehead atoms. The number of carbonyl (C=O) groups excluding carboxylic acids is 1. The van der Waals surface area contributed by atoms with E-state index in [0.29, 0.717) is 13.0 Å². The van der Waals surface area contributed by atoms with E-state index in [0.717, 1.165) is 56.3 Å². The minimum Gasteiger partial charge on any atom is -0.494 e. The first kappa shape index (κ1) is 17.5. The summed E-state index contributed by atoms with van der Waals surface area (Å²) < 4.78 is 10.9. The second-order valence-electron chi connectivity index (χ2n) is 6.36. The van der Waals surface area contributed by atoms with Gasteiger partial charge in [-0.2, -0.15) is 0 Å². The molecule has 2 heterocycles. The molecule has 2 aromatic rings. The molecule has 0 N–H and O–H groups in total. The lowest BCUT2D eigenvalue weighted by molar-refractivity contribution is -0.133. The molecule has 3 rings (SSSR count). The first-order valence-corrected chi connectivity index (χ1v) is 8.81. The van der Waals surface area contributed by atoms with Crippen molar-refractivity contribution >= 4 is 5.91 Å². The zero-order chi connectivity index (χ0) is 17.5. The standard InChI is InChI=1S/C19H25N3O3/c1-16-14-18(25-20-16)15-21-9-11-22(12-10-21)19(23)8-5-13-24-17-6-3-2-4-7-17/h2-4,6-7,14H,5,8-13,15H2,1H3. The van der Waals surface area contributed by atoms with Gasteiger partial charge in [-0.1, -0.05) is 23.4 Å². The lowest BCUT2D eigenvalue weighted by Gasteiger charge is -2.34. The topological polar surface area (TPSA) is 58.8 Å². The van der Waals surface area contributed by atoms with Crippen LogP contribution in [0.15, 0.2) is 40.9 Å². The van der Waals surface area contributed by atoms with Gasteiger partial charge in [-0.05, 0) is 25.5 Å². The predicted octanol–water partition coefficient (Wildman–Crippen LogP) is 2.49. The minimum absolute atomic E-state index is 0.215. The zero-order valence-electron chi connectivity index (χ0n) is 14.7. The van der Waals surface area contributed by atoms with Crippen molar-refractivity contribution in [2.75, 3.05) is 32.8 Å². The molecular weight excluding hydrogens is 318 g/mol. The fourth-order valence-electron chi connectivity index (χ4n) is 2.95. The highest BCUT2D eigenvalue weighted by molar-refractivity contribution is 5.76. The van der Waals surface area contributed by atoms with Gasteiger partial charge in [0.25, 0.3) is 0 Å². The molecule has 1 aromatic carbocycles. The maximum absolute atomic E-state index is 12.3. The molecule has 1 aliphatic rings. The molecule has 0 spiro atoms. The number of hydrogen-bond acceptors (Lipinski definition) is 5. The molecule has 0 atom stereocenters. The van der Waals surface area contributed by atoms with Crippen molar-refractivity contribution in [3.8, 4) is 5.75 Å². The Morgan fingerprint density at radius 1 is 1.20 bits per heavy atom. The number of aromatic nitrogens is 1. The second-order valence-corrected chi connectivity index (χ2v) is 6.36. The Morgan fingerprint density at radius 2 is 1.96 bits per heavy atom. The Kier molecular flexibility index (Phi) is 6.06. The first-order chi connectivity index (χ1) is 12.2. The number of piperazine rings is 1. The maximum Gasteiger partial charge on any atom is 0.222 e. The van der Waals surface area contributed by atoms with E-state index < -0.39 is 0 Å². The number of para-hydroxylation sites is 1. The van der Waals surface area contributed by atoms with Crippen LogP contribution in [-0.2, 0) is 11.3 Å². The van der Waals surface area contributed by atoms with Crippen molar-refractivity contribution < 1.29 is 14.1 Å². The van der Waals surface area contributed by atoms with Crippen LogP contribution in [0.3, 0.4) is 0 Å². The molecule has 1 amide bonds. The highest BCUT2D eigenvalue weighted by Gasteiger charge is 2.21. The maximum atomic E-state index is 12.3. The summed E-state index contributed by atoms with van der Waals surface area (Å²) in [4.78, 5) is 16.5. The van der Waals surface area contributed by atoms with E-state index in [-0.39, 0.29) is 5.91 Å². The summed E-state index contributed by atoms with van der Waals surface area (Å²) in [5.74, 6) is 1.95.